The van der Waals surface area contributed by atoms with Crippen molar-refractivity contribution >= 4 is 27.5 Å². The summed E-state index contributed by atoms with van der Waals surface area (Å²) in [4.78, 5) is 13.0. The molecule has 0 saturated heterocycles. The van der Waals surface area contributed by atoms with Gasteiger partial charge in [-0.2, -0.15) is 0 Å². The van der Waals surface area contributed by atoms with Gasteiger partial charge in [-0.25, -0.2) is 9.97 Å². The zero-order chi connectivity index (χ0) is 13.1. The molecule has 0 aliphatic heterocycles. The first-order valence-electron chi connectivity index (χ1n) is 5.76. The molecular formula is C13H13BrClN3. The van der Waals surface area contributed by atoms with Gasteiger partial charge >= 0.3 is 0 Å². The van der Waals surface area contributed by atoms with Crippen molar-refractivity contribution in [3.63, 3.8) is 0 Å². The molecule has 0 N–H and O–H groups in total. The van der Waals surface area contributed by atoms with E-state index in [2.05, 4.69) is 37.8 Å². The Morgan fingerprint density at radius 3 is 2.78 bits per heavy atom. The van der Waals surface area contributed by atoms with E-state index in [9.17, 15) is 0 Å². The van der Waals surface area contributed by atoms with Gasteiger partial charge in [-0.1, -0.05) is 24.9 Å². The molecule has 0 atom stereocenters. The van der Waals surface area contributed by atoms with Crippen molar-refractivity contribution < 1.29 is 0 Å². The standard InChI is InChI=1S/C13H13BrClN3/c1-3-4-10-11(14)12(15)18-13(17-10)9-5-6-16-7-8(9)2/h5-7H,3-4H2,1-2H3. The zero-order valence-electron chi connectivity index (χ0n) is 10.2. The summed E-state index contributed by atoms with van der Waals surface area (Å²) in [6.45, 7) is 4.10. The summed E-state index contributed by atoms with van der Waals surface area (Å²) in [6.07, 6.45) is 5.43. The normalized spacial score (nSPS) is 10.7. The van der Waals surface area contributed by atoms with Crippen molar-refractivity contribution in [2.45, 2.75) is 26.7 Å². The molecule has 0 aliphatic carbocycles. The van der Waals surface area contributed by atoms with Gasteiger partial charge < -0.3 is 0 Å². The lowest BCUT2D eigenvalue weighted by Crippen LogP contribution is -1.99. The van der Waals surface area contributed by atoms with Crippen molar-refractivity contribution in [3.8, 4) is 11.4 Å². The predicted octanol–water partition coefficient (Wildman–Crippen LogP) is 4.22. The van der Waals surface area contributed by atoms with Crippen molar-refractivity contribution in [1.29, 1.82) is 0 Å². The topological polar surface area (TPSA) is 38.7 Å². The zero-order valence-corrected chi connectivity index (χ0v) is 12.6. The van der Waals surface area contributed by atoms with Crippen molar-refractivity contribution in [2.75, 3.05) is 0 Å². The Labute approximate surface area is 120 Å². The molecule has 5 heteroatoms. The molecule has 0 bridgehead atoms. The van der Waals surface area contributed by atoms with Gasteiger partial charge in [-0.3, -0.25) is 4.98 Å². The van der Waals surface area contributed by atoms with Crippen LogP contribution in [0.3, 0.4) is 0 Å². The average Bonchev–Trinajstić information content (AvgIpc) is 2.35. The van der Waals surface area contributed by atoms with E-state index in [4.69, 9.17) is 11.6 Å². The molecule has 18 heavy (non-hydrogen) atoms. The van der Waals surface area contributed by atoms with Gasteiger partial charge in [0.25, 0.3) is 0 Å². The Morgan fingerprint density at radius 2 is 2.11 bits per heavy atom. The van der Waals surface area contributed by atoms with Gasteiger partial charge in [-0.15, -0.1) is 0 Å². The average molecular weight is 327 g/mol. The van der Waals surface area contributed by atoms with Crippen molar-refractivity contribution in [3.05, 3.63) is 39.3 Å². The molecule has 0 aromatic carbocycles. The van der Waals surface area contributed by atoms with Crippen LogP contribution in [0.2, 0.25) is 5.15 Å². The SMILES string of the molecule is CCCc1nc(-c2ccncc2C)nc(Cl)c1Br. The highest BCUT2D eigenvalue weighted by atomic mass is 79.9. The van der Waals surface area contributed by atoms with Crippen LogP contribution in [0.1, 0.15) is 24.6 Å². The van der Waals surface area contributed by atoms with Crippen molar-refractivity contribution in [1.82, 2.24) is 15.0 Å². The Morgan fingerprint density at radius 1 is 1.33 bits per heavy atom. The highest BCUT2D eigenvalue weighted by Gasteiger charge is 2.12. The van der Waals surface area contributed by atoms with Crippen LogP contribution in [-0.4, -0.2) is 15.0 Å². The van der Waals surface area contributed by atoms with E-state index in [1.54, 1.807) is 12.4 Å². The summed E-state index contributed by atoms with van der Waals surface area (Å²) in [5.74, 6) is 0.659. The first-order chi connectivity index (χ1) is 8.63. The van der Waals surface area contributed by atoms with Crippen LogP contribution in [-0.2, 0) is 6.42 Å². The maximum Gasteiger partial charge on any atom is 0.161 e. The second kappa shape index (κ2) is 5.76. The summed E-state index contributed by atoms with van der Waals surface area (Å²) in [5, 5.41) is 0.458. The Balaban J connectivity index is 2.56. The molecule has 0 aliphatic rings. The number of hydrogen-bond donors (Lipinski definition) is 0. The molecule has 2 rings (SSSR count). The molecule has 2 aromatic rings. The molecule has 0 fully saturated rings. The molecule has 0 saturated carbocycles. The maximum absolute atomic E-state index is 6.14. The number of aryl methyl sites for hydroxylation is 2. The Kier molecular flexibility index (Phi) is 4.30. The minimum atomic E-state index is 0.458. The van der Waals surface area contributed by atoms with Crippen LogP contribution >= 0.6 is 27.5 Å². The van der Waals surface area contributed by atoms with E-state index in [1.807, 2.05) is 13.0 Å². The van der Waals surface area contributed by atoms with Crippen LogP contribution < -0.4 is 0 Å². The second-order valence-corrected chi connectivity index (χ2v) is 5.19. The van der Waals surface area contributed by atoms with E-state index in [-0.39, 0.29) is 0 Å². The number of halogens is 2. The lowest BCUT2D eigenvalue weighted by atomic mass is 10.1. The van der Waals surface area contributed by atoms with E-state index in [0.717, 1.165) is 34.1 Å². The minimum absolute atomic E-state index is 0.458. The summed E-state index contributed by atoms with van der Waals surface area (Å²) < 4.78 is 0.793. The number of pyridine rings is 1. The van der Waals surface area contributed by atoms with Gasteiger partial charge in [0.2, 0.25) is 0 Å². The van der Waals surface area contributed by atoms with E-state index in [1.165, 1.54) is 0 Å². The molecule has 2 aromatic heterocycles. The van der Waals surface area contributed by atoms with Gasteiger partial charge in [-0.05, 0) is 40.9 Å². The highest BCUT2D eigenvalue weighted by Crippen LogP contribution is 2.28. The number of nitrogens with zero attached hydrogens (tertiary/aromatic N) is 3. The van der Waals surface area contributed by atoms with E-state index in [0.29, 0.717) is 11.0 Å². The predicted molar refractivity (Wildman–Crippen MR) is 76.7 cm³/mol. The molecule has 3 nitrogen and oxygen atoms in total. The molecule has 0 amide bonds. The smallest absolute Gasteiger partial charge is 0.161 e. The number of rotatable bonds is 3. The van der Waals surface area contributed by atoms with Crippen LogP contribution in [0.15, 0.2) is 22.9 Å². The molecular weight excluding hydrogens is 314 g/mol. The third-order valence-corrected chi connectivity index (χ3v) is 3.96. The molecule has 0 radical (unpaired) electrons. The summed E-state index contributed by atoms with van der Waals surface area (Å²) in [5.41, 5.74) is 2.96. The number of aromatic nitrogens is 3. The van der Waals surface area contributed by atoms with E-state index < -0.39 is 0 Å². The lowest BCUT2D eigenvalue weighted by Gasteiger charge is -2.09. The maximum atomic E-state index is 6.14. The second-order valence-electron chi connectivity index (χ2n) is 4.04. The van der Waals surface area contributed by atoms with Gasteiger partial charge in [0.1, 0.15) is 5.15 Å². The fourth-order valence-electron chi connectivity index (χ4n) is 1.71. The number of hydrogen-bond acceptors (Lipinski definition) is 3. The quantitative estimate of drug-likeness (QED) is 0.793. The highest BCUT2D eigenvalue weighted by molar-refractivity contribution is 9.10. The van der Waals surface area contributed by atoms with Crippen LogP contribution in [0, 0.1) is 6.92 Å². The van der Waals surface area contributed by atoms with Crippen LogP contribution in [0.4, 0.5) is 0 Å². The molecule has 0 unspecified atom stereocenters. The molecule has 94 valence electrons. The summed E-state index contributed by atoms with van der Waals surface area (Å²) in [7, 11) is 0. The van der Waals surface area contributed by atoms with Crippen molar-refractivity contribution in [2.24, 2.45) is 0 Å². The fraction of sp³-hybridized carbons (Fsp3) is 0.308. The summed E-state index contributed by atoms with van der Waals surface area (Å²) >= 11 is 9.58. The van der Waals surface area contributed by atoms with E-state index >= 15 is 0 Å². The molecule has 0 spiro atoms. The summed E-state index contributed by atoms with van der Waals surface area (Å²) in [6, 6.07) is 1.91. The third kappa shape index (κ3) is 2.70. The fourth-order valence-corrected chi connectivity index (χ4v) is 2.27. The van der Waals surface area contributed by atoms with Crippen LogP contribution in [0.5, 0.6) is 0 Å². The van der Waals surface area contributed by atoms with Crippen LogP contribution in [0.25, 0.3) is 11.4 Å². The third-order valence-electron chi connectivity index (χ3n) is 2.63. The lowest BCUT2D eigenvalue weighted by molar-refractivity contribution is 0.867. The van der Waals surface area contributed by atoms with Gasteiger partial charge in [0.05, 0.1) is 10.2 Å². The Bertz CT molecular complexity index is 572. The van der Waals surface area contributed by atoms with Gasteiger partial charge in [0, 0.05) is 18.0 Å². The molecule has 2 heterocycles. The first-order valence-corrected chi connectivity index (χ1v) is 6.93. The largest absolute Gasteiger partial charge is 0.264 e. The monoisotopic (exact) mass is 325 g/mol. The minimum Gasteiger partial charge on any atom is -0.264 e. The Hall–Kier alpha value is -1.00. The first kappa shape index (κ1) is 13.4. The van der Waals surface area contributed by atoms with Gasteiger partial charge in [0.15, 0.2) is 5.82 Å².